The summed E-state index contributed by atoms with van der Waals surface area (Å²) in [4.78, 5) is 37.6. The number of nitrogens with two attached hydrogens (primary N) is 1. The number of aromatic nitrogens is 1. The molecule has 0 aliphatic heterocycles. The average Bonchev–Trinajstić information content (AvgIpc) is 3.11. The third kappa shape index (κ3) is 2.94. The Kier molecular flexibility index (Phi) is 4.93. The van der Waals surface area contributed by atoms with Gasteiger partial charge >= 0.3 is 16.1 Å². The number of nitrogens with zero attached hydrogens (tertiary/aromatic N) is 2. The van der Waals surface area contributed by atoms with Crippen molar-refractivity contribution in [1.29, 1.82) is 5.26 Å². The summed E-state index contributed by atoms with van der Waals surface area (Å²) in [5.74, 6) is -5.79. The highest BCUT2D eigenvalue weighted by Crippen LogP contribution is 2.47. The van der Waals surface area contributed by atoms with Crippen molar-refractivity contribution in [1.82, 2.24) is 4.57 Å². The van der Waals surface area contributed by atoms with Gasteiger partial charge in [-0.25, -0.2) is 4.79 Å². The lowest BCUT2D eigenvalue weighted by molar-refractivity contribution is 0.0592. The molecule has 0 spiro atoms. The van der Waals surface area contributed by atoms with Crippen LogP contribution in [0, 0.1) is 11.3 Å². The first kappa shape index (κ1) is 22.5. The molecule has 3 aromatic rings. The van der Waals surface area contributed by atoms with Crippen molar-refractivity contribution in [2.45, 2.75) is 4.90 Å². The standard InChI is InChI=1S/C21H13N3O9S/c1-33-21(29)15-13(23)8(6-22)7-24(15)14-11-12(18(27)20(19(14)28)34(30,31)32)17(26)10-5-3-2-4-9(10)16(11)25/h2-5,7,27-28H,23H2,1H3,(H,30,31,32). The number of benzene rings is 2. The highest BCUT2D eigenvalue weighted by atomic mass is 32.2. The fourth-order valence-corrected chi connectivity index (χ4v) is 4.54. The number of fused-ring (bicyclic) bond motifs is 2. The normalized spacial score (nSPS) is 12.6. The minimum absolute atomic E-state index is 0.139. The Morgan fingerprint density at radius 3 is 2.15 bits per heavy atom. The predicted molar refractivity (Wildman–Crippen MR) is 113 cm³/mol. The Morgan fingerprint density at radius 1 is 1.09 bits per heavy atom. The van der Waals surface area contributed by atoms with Gasteiger partial charge in [0.25, 0.3) is 0 Å². The Labute approximate surface area is 190 Å². The molecule has 0 saturated heterocycles. The lowest BCUT2D eigenvalue weighted by Gasteiger charge is -2.24. The van der Waals surface area contributed by atoms with Gasteiger partial charge in [0.15, 0.2) is 33.7 Å². The van der Waals surface area contributed by atoms with E-state index in [0.717, 1.165) is 13.3 Å². The number of carbonyl (C=O) groups excluding carboxylic acids is 3. The largest absolute Gasteiger partial charge is 0.506 e. The van der Waals surface area contributed by atoms with Crippen LogP contribution in [0.3, 0.4) is 0 Å². The molecule has 0 unspecified atom stereocenters. The molecule has 0 atom stereocenters. The molecular weight excluding hydrogens is 470 g/mol. The number of rotatable bonds is 3. The van der Waals surface area contributed by atoms with E-state index in [1.165, 1.54) is 24.3 Å². The molecule has 13 heteroatoms. The van der Waals surface area contributed by atoms with Gasteiger partial charge < -0.3 is 25.3 Å². The Morgan fingerprint density at radius 2 is 1.65 bits per heavy atom. The minimum atomic E-state index is -5.38. The summed E-state index contributed by atoms with van der Waals surface area (Å²) < 4.78 is 39.1. The summed E-state index contributed by atoms with van der Waals surface area (Å²) in [7, 11) is -4.41. The number of esters is 1. The van der Waals surface area contributed by atoms with E-state index in [2.05, 4.69) is 4.74 Å². The molecule has 4 rings (SSSR count). The number of hydrogen-bond acceptors (Lipinski definition) is 10. The van der Waals surface area contributed by atoms with Crippen LogP contribution in [0.1, 0.15) is 47.9 Å². The van der Waals surface area contributed by atoms with Gasteiger partial charge in [-0.05, 0) is 0 Å². The molecule has 172 valence electrons. The van der Waals surface area contributed by atoms with Crippen LogP contribution in [0.5, 0.6) is 11.5 Å². The third-order valence-electron chi connectivity index (χ3n) is 5.29. The van der Waals surface area contributed by atoms with Gasteiger partial charge in [0.2, 0.25) is 0 Å². The van der Waals surface area contributed by atoms with Crippen LogP contribution in [0.2, 0.25) is 0 Å². The number of aromatic hydroxyl groups is 2. The summed E-state index contributed by atoms with van der Waals surface area (Å²) >= 11 is 0. The molecule has 34 heavy (non-hydrogen) atoms. The van der Waals surface area contributed by atoms with Crippen LogP contribution in [0.25, 0.3) is 5.69 Å². The summed E-state index contributed by atoms with van der Waals surface area (Å²) in [5.41, 5.74) is 1.89. The zero-order valence-corrected chi connectivity index (χ0v) is 17.9. The number of ether oxygens (including phenoxy) is 1. The summed E-state index contributed by atoms with van der Waals surface area (Å²) in [6, 6.07) is 7.12. The first-order chi connectivity index (χ1) is 15.9. The van der Waals surface area contributed by atoms with Gasteiger partial charge in [0.1, 0.15) is 11.8 Å². The molecule has 0 radical (unpaired) electrons. The zero-order valence-electron chi connectivity index (χ0n) is 17.1. The summed E-state index contributed by atoms with van der Waals surface area (Å²) in [5, 5.41) is 30.8. The molecule has 0 saturated carbocycles. The second-order valence-corrected chi connectivity index (χ2v) is 8.44. The highest BCUT2D eigenvalue weighted by Gasteiger charge is 2.41. The Balaban J connectivity index is 2.28. The van der Waals surface area contributed by atoms with Crippen molar-refractivity contribution in [3.63, 3.8) is 0 Å². The van der Waals surface area contributed by atoms with E-state index in [0.29, 0.717) is 4.57 Å². The van der Waals surface area contributed by atoms with Gasteiger partial charge in [-0.1, -0.05) is 24.3 Å². The monoisotopic (exact) mass is 483 g/mol. The van der Waals surface area contributed by atoms with E-state index in [9.17, 15) is 42.8 Å². The number of methoxy groups -OCH3 is 1. The van der Waals surface area contributed by atoms with E-state index >= 15 is 0 Å². The van der Waals surface area contributed by atoms with E-state index in [1.807, 2.05) is 0 Å². The van der Waals surface area contributed by atoms with Gasteiger partial charge in [-0.2, -0.15) is 13.7 Å². The van der Waals surface area contributed by atoms with Crippen LogP contribution >= 0.6 is 0 Å². The topological polar surface area (TPSA) is 210 Å². The molecule has 0 amide bonds. The maximum atomic E-state index is 13.4. The smallest absolute Gasteiger partial charge is 0.357 e. The SMILES string of the molecule is COC(=O)c1c(N)c(C#N)cn1-c1c(O)c(S(=O)(=O)O)c(O)c2c1C(=O)c1ccccc1C2=O. The van der Waals surface area contributed by atoms with Crippen LogP contribution in [0.4, 0.5) is 5.69 Å². The van der Waals surface area contributed by atoms with Crippen molar-refractivity contribution in [2.75, 3.05) is 12.8 Å². The average molecular weight is 483 g/mol. The minimum Gasteiger partial charge on any atom is -0.506 e. The molecule has 1 aromatic heterocycles. The van der Waals surface area contributed by atoms with Crippen LogP contribution < -0.4 is 5.73 Å². The Bertz CT molecular complexity index is 1610. The number of nitriles is 1. The van der Waals surface area contributed by atoms with Crippen molar-refractivity contribution in [2.24, 2.45) is 0 Å². The van der Waals surface area contributed by atoms with Crippen LogP contribution in [-0.4, -0.2) is 52.4 Å². The summed E-state index contributed by atoms with van der Waals surface area (Å²) in [6.45, 7) is 0. The zero-order chi connectivity index (χ0) is 25.1. The van der Waals surface area contributed by atoms with E-state index in [1.54, 1.807) is 6.07 Å². The molecule has 1 aliphatic rings. The number of ketones is 2. The molecule has 0 fully saturated rings. The number of anilines is 1. The molecule has 2 aromatic carbocycles. The molecule has 5 N–H and O–H groups in total. The van der Waals surface area contributed by atoms with Gasteiger partial charge in [0.05, 0.1) is 29.5 Å². The van der Waals surface area contributed by atoms with E-state index in [-0.39, 0.29) is 16.7 Å². The molecule has 1 aliphatic carbocycles. The maximum Gasteiger partial charge on any atom is 0.357 e. The van der Waals surface area contributed by atoms with Crippen LogP contribution in [-0.2, 0) is 14.9 Å². The van der Waals surface area contributed by atoms with Crippen molar-refractivity contribution in [3.05, 3.63) is 64.0 Å². The third-order valence-corrected chi connectivity index (χ3v) is 6.19. The van der Waals surface area contributed by atoms with E-state index in [4.69, 9.17) is 5.73 Å². The Hall–Kier alpha value is -4.67. The van der Waals surface area contributed by atoms with Crippen molar-refractivity contribution < 1.29 is 42.3 Å². The quantitative estimate of drug-likeness (QED) is 0.240. The van der Waals surface area contributed by atoms with Crippen molar-refractivity contribution >= 4 is 33.3 Å². The van der Waals surface area contributed by atoms with E-state index < -0.39 is 72.2 Å². The van der Waals surface area contributed by atoms with Gasteiger partial charge in [0, 0.05) is 17.3 Å². The number of phenolic OH excluding ortho intramolecular Hbond substituents is 2. The summed E-state index contributed by atoms with van der Waals surface area (Å²) in [6.07, 6.45) is 0.903. The lowest BCUT2D eigenvalue weighted by atomic mass is 9.82. The van der Waals surface area contributed by atoms with Crippen LogP contribution in [0.15, 0.2) is 35.4 Å². The highest BCUT2D eigenvalue weighted by molar-refractivity contribution is 7.86. The fraction of sp³-hybridized carbons (Fsp3) is 0.0476. The maximum absolute atomic E-state index is 13.4. The fourth-order valence-electron chi connectivity index (χ4n) is 3.85. The molecular formula is C21H13N3O9S. The number of carbonyl (C=O) groups is 3. The first-order valence-corrected chi connectivity index (χ1v) is 10.7. The second kappa shape index (κ2) is 7.44. The number of hydrogen-bond donors (Lipinski definition) is 4. The molecule has 1 heterocycles. The molecule has 0 bridgehead atoms. The first-order valence-electron chi connectivity index (χ1n) is 9.23. The number of nitrogen functional groups attached to an aromatic ring is 1. The lowest BCUT2D eigenvalue weighted by Crippen LogP contribution is -2.25. The molecule has 12 nitrogen and oxygen atoms in total. The predicted octanol–water partition coefficient (Wildman–Crippen LogP) is 1.15. The van der Waals surface area contributed by atoms with Gasteiger partial charge in [-0.15, -0.1) is 0 Å². The second-order valence-electron chi connectivity index (χ2n) is 7.08. The van der Waals surface area contributed by atoms with Crippen molar-refractivity contribution in [3.8, 4) is 23.3 Å². The van der Waals surface area contributed by atoms with Gasteiger partial charge in [-0.3, -0.25) is 14.1 Å². The number of phenols is 2.